The Hall–Kier alpha value is -1.35. The maximum atomic E-state index is 11.9. The summed E-state index contributed by atoms with van der Waals surface area (Å²) in [5, 5.41) is 0. The average Bonchev–Trinajstić information content (AvgIpc) is 2.36. The molecule has 0 radical (unpaired) electrons. The first kappa shape index (κ1) is 13.7. The summed E-state index contributed by atoms with van der Waals surface area (Å²) in [7, 11) is 0. The molecule has 0 atom stereocenters. The van der Waals surface area contributed by atoms with Gasteiger partial charge in [-0.1, -0.05) is 43.7 Å². The second-order valence-corrected chi connectivity index (χ2v) is 4.19. The Morgan fingerprint density at radius 2 is 2.00 bits per heavy atom. The lowest BCUT2D eigenvalue weighted by Crippen LogP contribution is -2.32. The number of hydrogen-bond acceptors (Lipinski definition) is 2. The first-order valence-electron chi connectivity index (χ1n) is 6.29. The van der Waals surface area contributed by atoms with Crippen LogP contribution in [0.25, 0.3) is 0 Å². The molecule has 0 saturated heterocycles. The third kappa shape index (κ3) is 5.00. The number of rotatable bonds is 7. The summed E-state index contributed by atoms with van der Waals surface area (Å²) < 4.78 is 0. The normalized spacial score (nSPS) is 10.2. The molecule has 1 aromatic carbocycles. The van der Waals surface area contributed by atoms with Gasteiger partial charge in [0.05, 0.1) is 0 Å². The summed E-state index contributed by atoms with van der Waals surface area (Å²) in [6.07, 6.45) is 2.58. The number of benzene rings is 1. The minimum absolute atomic E-state index is 0.157. The van der Waals surface area contributed by atoms with E-state index in [1.807, 2.05) is 23.1 Å². The maximum absolute atomic E-state index is 11.9. The molecular weight excluding hydrogens is 212 g/mol. The highest BCUT2D eigenvalue weighted by Gasteiger charge is 2.12. The molecule has 94 valence electrons. The molecule has 0 spiro atoms. The molecule has 0 aliphatic carbocycles. The van der Waals surface area contributed by atoms with Crippen LogP contribution in [0.1, 0.15) is 31.7 Å². The molecule has 1 aromatic rings. The van der Waals surface area contributed by atoms with E-state index in [1.54, 1.807) is 0 Å². The minimum atomic E-state index is 0.157. The smallest absolute Gasteiger partial charge is 0.224 e. The molecule has 0 aliphatic rings. The fourth-order valence-corrected chi connectivity index (χ4v) is 1.73. The van der Waals surface area contributed by atoms with Gasteiger partial charge in [0.25, 0.3) is 0 Å². The predicted molar refractivity (Wildman–Crippen MR) is 70.4 cm³/mol. The number of carbonyl (C=O) groups is 1. The maximum Gasteiger partial charge on any atom is 0.224 e. The van der Waals surface area contributed by atoms with Gasteiger partial charge in [-0.15, -0.1) is 0 Å². The molecule has 0 aromatic heterocycles. The minimum Gasteiger partial charge on any atom is -0.338 e. The monoisotopic (exact) mass is 234 g/mol. The molecule has 0 saturated carbocycles. The summed E-state index contributed by atoms with van der Waals surface area (Å²) in [5.74, 6) is 0.157. The molecule has 0 aliphatic heterocycles. The lowest BCUT2D eigenvalue weighted by Gasteiger charge is -2.22. The summed E-state index contributed by atoms with van der Waals surface area (Å²) in [6, 6.07) is 10.1. The highest BCUT2D eigenvalue weighted by Crippen LogP contribution is 2.07. The van der Waals surface area contributed by atoms with Crippen molar-refractivity contribution in [1.82, 2.24) is 4.90 Å². The fraction of sp³-hybridized carbons (Fsp3) is 0.500. The van der Waals surface area contributed by atoms with E-state index in [4.69, 9.17) is 5.73 Å². The third-order valence-corrected chi connectivity index (χ3v) is 2.71. The molecule has 0 fully saturated rings. The Labute approximate surface area is 104 Å². The summed E-state index contributed by atoms with van der Waals surface area (Å²) in [6.45, 7) is 4.08. The van der Waals surface area contributed by atoms with E-state index in [2.05, 4.69) is 19.1 Å². The van der Waals surface area contributed by atoms with Crippen LogP contribution in [0.5, 0.6) is 0 Å². The lowest BCUT2D eigenvalue weighted by molar-refractivity contribution is -0.131. The number of amides is 1. The van der Waals surface area contributed by atoms with Crippen molar-refractivity contribution in [2.24, 2.45) is 5.73 Å². The Kier molecular flexibility index (Phi) is 6.33. The first-order valence-corrected chi connectivity index (χ1v) is 6.29. The Morgan fingerprint density at radius 1 is 1.29 bits per heavy atom. The number of nitrogens with two attached hydrogens (primary N) is 1. The number of nitrogens with zero attached hydrogens (tertiary/aromatic N) is 1. The van der Waals surface area contributed by atoms with E-state index in [1.165, 1.54) is 5.56 Å². The van der Waals surface area contributed by atoms with Crippen molar-refractivity contribution < 1.29 is 4.79 Å². The van der Waals surface area contributed by atoms with Crippen molar-refractivity contribution >= 4 is 5.91 Å². The van der Waals surface area contributed by atoms with Crippen LogP contribution < -0.4 is 5.73 Å². The lowest BCUT2D eigenvalue weighted by atomic mass is 10.2. The second-order valence-electron chi connectivity index (χ2n) is 4.19. The van der Waals surface area contributed by atoms with Crippen LogP contribution in [-0.4, -0.2) is 23.9 Å². The number of hydrogen-bond donors (Lipinski definition) is 1. The van der Waals surface area contributed by atoms with Crippen molar-refractivity contribution in [2.75, 3.05) is 13.1 Å². The molecule has 0 bridgehead atoms. The summed E-state index contributed by atoms with van der Waals surface area (Å²) in [5.41, 5.74) is 6.62. The van der Waals surface area contributed by atoms with E-state index >= 15 is 0 Å². The van der Waals surface area contributed by atoms with Crippen LogP contribution in [0.2, 0.25) is 0 Å². The Morgan fingerprint density at radius 3 is 2.59 bits per heavy atom. The molecule has 0 heterocycles. The quantitative estimate of drug-likeness (QED) is 0.786. The fourth-order valence-electron chi connectivity index (χ4n) is 1.73. The van der Waals surface area contributed by atoms with Gasteiger partial charge in [0.15, 0.2) is 0 Å². The van der Waals surface area contributed by atoms with Gasteiger partial charge in [0.2, 0.25) is 5.91 Å². The van der Waals surface area contributed by atoms with E-state index in [0.29, 0.717) is 19.5 Å². The van der Waals surface area contributed by atoms with E-state index in [0.717, 1.165) is 19.4 Å². The van der Waals surface area contributed by atoms with E-state index in [-0.39, 0.29) is 5.91 Å². The summed E-state index contributed by atoms with van der Waals surface area (Å²) >= 11 is 0. The van der Waals surface area contributed by atoms with E-state index < -0.39 is 0 Å². The summed E-state index contributed by atoms with van der Waals surface area (Å²) in [4.78, 5) is 13.8. The average molecular weight is 234 g/mol. The van der Waals surface area contributed by atoms with Crippen molar-refractivity contribution in [3.05, 3.63) is 35.9 Å². The highest BCUT2D eigenvalue weighted by atomic mass is 16.2. The molecule has 3 nitrogen and oxygen atoms in total. The SMILES string of the molecule is CCCCN(Cc1ccccc1)C(=O)CCN. The van der Waals surface area contributed by atoms with Crippen molar-refractivity contribution in [2.45, 2.75) is 32.7 Å². The zero-order valence-corrected chi connectivity index (χ0v) is 10.6. The topological polar surface area (TPSA) is 46.3 Å². The Balaban J connectivity index is 2.59. The number of carbonyl (C=O) groups excluding carboxylic acids is 1. The molecule has 3 heteroatoms. The van der Waals surface area contributed by atoms with Gasteiger partial charge in [0.1, 0.15) is 0 Å². The molecule has 1 rings (SSSR count). The first-order chi connectivity index (χ1) is 8.27. The van der Waals surface area contributed by atoms with Crippen LogP contribution in [0.3, 0.4) is 0 Å². The highest BCUT2D eigenvalue weighted by molar-refractivity contribution is 5.76. The second kappa shape index (κ2) is 7.85. The van der Waals surface area contributed by atoms with Gasteiger partial charge in [-0.3, -0.25) is 4.79 Å². The van der Waals surface area contributed by atoms with Gasteiger partial charge in [0, 0.05) is 26.1 Å². The van der Waals surface area contributed by atoms with Crippen LogP contribution in [-0.2, 0) is 11.3 Å². The van der Waals surface area contributed by atoms with Crippen LogP contribution in [0.15, 0.2) is 30.3 Å². The number of unbranched alkanes of at least 4 members (excludes halogenated alkanes) is 1. The molecule has 1 amide bonds. The predicted octanol–water partition coefficient (Wildman–Crippen LogP) is 2.16. The zero-order valence-electron chi connectivity index (χ0n) is 10.6. The van der Waals surface area contributed by atoms with Crippen LogP contribution in [0.4, 0.5) is 0 Å². The van der Waals surface area contributed by atoms with Gasteiger partial charge in [-0.25, -0.2) is 0 Å². The van der Waals surface area contributed by atoms with Gasteiger partial charge in [-0.05, 0) is 12.0 Å². The largest absolute Gasteiger partial charge is 0.338 e. The zero-order chi connectivity index (χ0) is 12.5. The van der Waals surface area contributed by atoms with Crippen molar-refractivity contribution in [1.29, 1.82) is 0 Å². The van der Waals surface area contributed by atoms with Crippen molar-refractivity contribution in [3.63, 3.8) is 0 Å². The molecule has 17 heavy (non-hydrogen) atoms. The molecule has 2 N–H and O–H groups in total. The van der Waals surface area contributed by atoms with Crippen LogP contribution >= 0.6 is 0 Å². The molecular formula is C14H22N2O. The Bertz CT molecular complexity index is 324. The van der Waals surface area contributed by atoms with Crippen molar-refractivity contribution in [3.8, 4) is 0 Å². The van der Waals surface area contributed by atoms with Gasteiger partial charge < -0.3 is 10.6 Å². The molecule has 0 unspecified atom stereocenters. The van der Waals surface area contributed by atoms with Gasteiger partial charge in [-0.2, -0.15) is 0 Å². The van der Waals surface area contributed by atoms with E-state index in [9.17, 15) is 4.79 Å². The van der Waals surface area contributed by atoms with Gasteiger partial charge >= 0.3 is 0 Å². The standard InChI is InChI=1S/C14H22N2O/c1-2-3-11-16(14(17)9-10-15)12-13-7-5-4-6-8-13/h4-8H,2-3,9-12,15H2,1H3. The third-order valence-electron chi connectivity index (χ3n) is 2.71. The van der Waals surface area contributed by atoms with Crippen LogP contribution in [0, 0.1) is 0 Å².